The van der Waals surface area contributed by atoms with E-state index in [0.29, 0.717) is 6.42 Å². The SMILES string of the molecule is CCC(CO)(CO)CO.CO[SiH](OC)OC. The van der Waals surface area contributed by atoms with Gasteiger partial charge in [0.2, 0.25) is 0 Å². The number of aliphatic hydroxyl groups is 3. The van der Waals surface area contributed by atoms with Crippen LogP contribution in [0.2, 0.25) is 0 Å². The molecule has 0 aliphatic carbocycles. The highest BCUT2D eigenvalue weighted by molar-refractivity contribution is 6.36. The van der Waals surface area contributed by atoms with Crippen LogP contribution in [-0.4, -0.2) is 66.0 Å². The summed E-state index contributed by atoms with van der Waals surface area (Å²) in [5, 5.41) is 26.0. The van der Waals surface area contributed by atoms with Crippen LogP contribution in [0.4, 0.5) is 0 Å². The Balaban J connectivity index is 0. The molecule has 0 spiro atoms. The predicted molar refractivity (Wildman–Crippen MR) is 62.2 cm³/mol. The van der Waals surface area contributed by atoms with E-state index in [4.69, 9.17) is 28.6 Å². The largest absolute Gasteiger partial charge is 0.483 e. The molecule has 0 aliphatic heterocycles. The predicted octanol–water partition coefficient (Wildman–Crippen LogP) is -0.997. The van der Waals surface area contributed by atoms with Gasteiger partial charge in [-0.3, -0.25) is 0 Å². The first kappa shape index (κ1) is 18.3. The molecule has 0 aliphatic rings. The van der Waals surface area contributed by atoms with E-state index in [1.165, 1.54) is 0 Å². The van der Waals surface area contributed by atoms with E-state index in [-0.39, 0.29) is 19.8 Å². The lowest BCUT2D eigenvalue weighted by Gasteiger charge is -2.24. The summed E-state index contributed by atoms with van der Waals surface area (Å²) in [4.78, 5) is 0. The molecule has 6 nitrogen and oxygen atoms in total. The van der Waals surface area contributed by atoms with Crippen LogP contribution in [0.1, 0.15) is 13.3 Å². The Morgan fingerprint density at radius 1 is 0.875 bits per heavy atom. The van der Waals surface area contributed by atoms with Gasteiger partial charge in [0.05, 0.1) is 19.8 Å². The summed E-state index contributed by atoms with van der Waals surface area (Å²) >= 11 is 0. The molecule has 0 heterocycles. The molecular weight excluding hydrogens is 232 g/mol. The average molecular weight is 256 g/mol. The Kier molecular flexibility index (Phi) is 13.1. The van der Waals surface area contributed by atoms with E-state index in [1.54, 1.807) is 21.3 Å². The van der Waals surface area contributed by atoms with Gasteiger partial charge in [-0.2, -0.15) is 0 Å². The van der Waals surface area contributed by atoms with Gasteiger partial charge in [-0.15, -0.1) is 0 Å². The van der Waals surface area contributed by atoms with Gasteiger partial charge in [0.1, 0.15) is 0 Å². The van der Waals surface area contributed by atoms with E-state index in [2.05, 4.69) is 0 Å². The van der Waals surface area contributed by atoms with Crippen LogP contribution < -0.4 is 0 Å². The lowest BCUT2D eigenvalue weighted by atomic mass is 9.88. The first-order chi connectivity index (χ1) is 7.59. The van der Waals surface area contributed by atoms with Crippen molar-refractivity contribution in [2.45, 2.75) is 13.3 Å². The highest BCUT2D eigenvalue weighted by atomic mass is 28.3. The maximum Gasteiger partial charge on any atom is 0.483 e. The summed E-state index contributed by atoms with van der Waals surface area (Å²) < 4.78 is 14.2. The maximum atomic E-state index is 8.66. The third-order valence-corrected chi connectivity index (χ3v) is 3.49. The van der Waals surface area contributed by atoms with Crippen molar-refractivity contribution >= 4 is 9.53 Å². The first-order valence-corrected chi connectivity index (χ1v) is 6.42. The molecule has 100 valence electrons. The van der Waals surface area contributed by atoms with Crippen molar-refractivity contribution in [3.05, 3.63) is 0 Å². The standard InChI is InChI=1S/C6H14O3.C3H10O3Si/c1-2-6(3-7,4-8)5-9;1-4-7(5-2)6-3/h7-9H,2-5H2,1H3;7H,1-3H3. The van der Waals surface area contributed by atoms with Crippen LogP contribution in [-0.2, 0) is 13.3 Å². The molecule has 0 rings (SSSR count). The smallest absolute Gasteiger partial charge is 0.396 e. The topological polar surface area (TPSA) is 88.4 Å². The lowest BCUT2D eigenvalue weighted by Crippen LogP contribution is -2.32. The number of hydrogen-bond donors (Lipinski definition) is 3. The van der Waals surface area contributed by atoms with Crippen LogP contribution >= 0.6 is 0 Å². The van der Waals surface area contributed by atoms with Gasteiger partial charge in [0.15, 0.2) is 0 Å². The van der Waals surface area contributed by atoms with Crippen molar-refractivity contribution in [1.29, 1.82) is 0 Å². The fourth-order valence-electron chi connectivity index (χ4n) is 0.774. The molecule has 0 saturated heterocycles. The summed E-state index contributed by atoms with van der Waals surface area (Å²) in [6, 6.07) is 0. The van der Waals surface area contributed by atoms with Crippen LogP contribution in [0, 0.1) is 5.41 Å². The van der Waals surface area contributed by atoms with Gasteiger partial charge in [-0.25, -0.2) is 0 Å². The number of aliphatic hydroxyl groups excluding tert-OH is 3. The zero-order valence-corrected chi connectivity index (χ0v) is 11.6. The second kappa shape index (κ2) is 11.5. The summed E-state index contributed by atoms with van der Waals surface area (Å²) in [6.45, 7) is 1.35. The Morgan fingerprint density at radius 3 is 1.19 bits per heavy atom. The van der Waals surface area contributed by atoms with Gasteiger partial charge < -0.3 is 28.6 Å². The molecule has 0 bridgehead atoms. The summed E-state index contributed by atoms with van der Waals surface area (Å²) in [7, 11) is 3.05. The van der Waals surface area contributed by atoms with Gasteiger partial charge in [0, 0.05) is 26.7 Å². The summed E-state index contributed by atoms with van der Waals surface area (Å²) in [5.74, 6) is 0. The summed E-state index contributed by atoms with van der Waals surface area (Å²) in [6.07, 6.45) is 0.594. The van der Waals surface area contributed by atoms with Crippen molar-refractivity contribution in [2.24, 2.45) is 5.41 Å². The zero-order chi connectivity index (χ0) is 13.0. The molecule has 0 aromatic carbocycles. The number of hydrogen-bond acceptors (Lipinski definition) is 6. The third kappa shape index (κ3) is 7.28. The van der Waals surface area contributed by atoms with E-state index < -0.39 is 14.9 Å². The molecule has 0 unspecified atom stereocenters. The average Bonchev–Trinajstić information content (AvgIpc) is 2.36. The highest BCUT2D eigenvalue weighted by Gasteiger charge is 2.24. The fraction of sp³-hybridized carbons (Fsp3) is 1.00. The number of rotatable bonds is 7. The first-order valence-electron chi connectivity index (χ1n) is 5.00. The second-order valence-corrected chi connectivity index (χ2v) is 5.32. The van der Waals surface area contributed by atoms with Crippen LogP contribution in [0.25, 0.3) is 0 Å². The molecule has 7 heteroatoms. The monoisotopic (exact) mass is 256 g/mol. The van der Waals surface area contributed by atoms with Crippen LogP contribution in [0.15, 0.2) is 0 Å². The molecule has 0 fully saturated rings. The van der Waals surface area contributed by atoms with Crippen molar-refractivity contribution in [1.82, 2.24) is 0 Å². The van der Waals surface area contributed by atoms with E-state index in [9.17, 15) is 0 Å². The third-order valence-electron chi connectivity index (χ3n) is 2.33. The van der Waals surface area contributed by atoms with E-state index in [0.717, 1.165) is 0 Å². The normalized spacial score (nSPS) is 11.2. The highest BCUT2D eigenvalue weighted by Crippen LogP contribution is 2.18. The minimum Gasteiger partial charge on any atom is -0.396 e. The molecule has 16 heavy (non-hydrogen) atoms. The zero-order valence-electron chi connectivity index (χ0n) is 10.5. The molecule has 3 N–H and O–H groups in total. The van der Waals surface area contributed by atoms with Crippen molar-refractivity contribution < 1.29 is 28.6 Å². The molecule has 0 saturated carbocycles. The van der Waals surface area contributed by atoms with E-state index in [1.807, 2.05) is 6.92 Å². The molecule has 0 aromatic heterocycles. The summed E-state index contributed by atoms with van der Waals surface area (Å²) in [5.41, 5.74) is -0.667. The van der Waals surface area contributed by atoms with Crippen LogP contribution in [0.3, 0.4) is 0 Å². The maximum absolute atomic E-state index is 8.66. The van der Waals surface area contributed by atoms with Gasteiger partial charge in [-0.1, -0.05) is 6.92 Å². The second-order valence-electron chi connectivity index (χ2n) is 3.32. The minimum atomic E-state index is -1.67. The van der Waals surface area contributed by atoms with Crippen LogP contribution in [0.5, 0.6) is 0 Å². The fourth-order valence-corrected chi connectivity index (χ4v) is 1.35. The van der Waals surface area contributed by atoms with Gasteiger partial charge in [0.25, 0.3) is 0 Å². The van der Waals surface area contributed by atoms with E-state index >= 15 is 0 Å². The molecule has 0 aromatic rings. The molecule has 0 atom stereocenters. The molecular formula is C9H24O6Si. The Hall–Kier alpha value is -0.0231. The van der Waals surface area contributed by atoms with Crippen molar-refractivity contribution in [2.75, 3.05) is 41.2 Å². The molecule has 0 amide bonds. The van der Waals surface area contributed by atoms with Gasteiger partial charge in [-0.05, 0) is 6.42 Å². The Morgan fingerprint density at radius 2 is 1.19 bits per heavy atom. The molecule has 0 radical (unpaired) electrons. The van der Waals surface area contributed by atoms with Gasteiger partial charge >= 0.3 is 9.53 Å². The minimum absolute atomic E-state index is 0.156. The Bertz CT molecular complexity index is 115. The van der Waals surface area contributed by atoms with Crippen molar-refractivity contribution in [3.63, 3.8) is 0 Å². The quantitative estimate of drug-likeness (QED) is 0.507. The lowest BCUT2D eigenvalue weighted by molar-refractivity contribution is 0.00304. The van der Waals surface area contributed by atoms with Crippen molar-refractivity contribution in [3.8, 4) is 0 Å². The Labute approximate surface area is 98.7 Å².